The highest BCUT2D eigenvalue weighted by molar-refractivity contribution is 5.02. The molecule has 0 saturated carbocycles. The summed E-state index contributed by atoms with van der Waals surface area (Å²) < 4.78 is 0. The fourth-order valence-electron chi connectivity index (χ4n) is 2.87. The van der Waals surface area contributed by atoms with Gasteiger partial charge in [-0.2, -0.15) is 0 Å². The van der Waals surface area contributed by atoms with Crippen molar-refractivity contribution in [2.75, 3.05) is 19.6 Å². The van der Waals surface area contributed by atoms with Gasteiger partial charge in [-0.1, -0.05) is 0 Å². The van der Waals surface area contributed by atoms with Gasteiger partial charge >= 0.3 is 0 Å². The molecule has 0 spiro atoms. The van der Waals surface area contributed by atoms with Gasteiger partial charge in [0.25, 0.3) is 0 Å². The van der Waals surface area contributed by atoms with Gasteiger partial charge in [0.1, 0.15) is 0 Å². The summed E-state index contributed by atoms with van der Waals surface area (Å²) in [5.41, 5.74) is 6.23. The minimum Gasteiger partial charge on any atom is -0.330 e. The lowest BCUT2D eigenvalue weighted by Gasteiger charge is -2.32. The zero-order chi connectivity index (χ0) is 7.90. The molecule has 64 valence electrons. The second-order valence-electron chi connectivity index (χ2n) is 4.17. The van der Waals surface area contributed by atoms with Crippen LogP contribution in [-0.4, -0.2) is 30.1 Å². The molecule has 0 radical (unpaired) electrons. The largest absolute Gasteiger partial charge is 0.330 e. The van der Waals surface area contributed by atoms with E-state index in [1.807, 2.05) is 0 Å². The Labute approximate surface area is 68.7 Å². The number of hydrogen-bond donors (Lipinski definition) is 1. The molecule has 0 aromatic rings. The Hall–Kier alpha value is -0.0800. The first-order valence-corrected chi connectivity index (χ1v) is 4.72. The van der Waals surface area contributed by atoms with Gasteiger partial charge in [0, 0.05) is 5.54 Å². The molecule has 2 N–H and O–H groups in total. The molecular formula is C9H18N2. The third-order valence-corrected chi connectivity index (χ3v) is 3.74. The van der Waals surface area contributed by atoms with Gasteiger partial charge in [-0.05, 0) is 51.7 Å². The molecule has 2 rings (SSSR count). The van der Waals surface area contributed by atoms with Crippen LogP contribution < -0.4 is 5.73 Å². The Morgan fingerprint density at radius 1 is 1.55 bits per heavy atom. The van der Waals surface area contributed by atoms with Crippen LogP contribution in [0.25, 0.3) is 0 Å². The molecule has 2 nitrogen and oxygen atoms in total. The van der Waals surface area contributed by atoms with E-state index in [2.05, 4.69) is 11.8 Å². The fourth-order valence-corrected chi connectivity index (χ4v) is 2.87. The summed E-state index contributed by atoms with van der Waals surface area (Å²) in [6.07, 6.45) is 4.08. The van der Waals surface area contributed by atoms with E-state index in [-0.39, 0.29) is 0 Å². The maximum absolute atomic E-state index is 5.75. The Kier molecular flexibility index (Phi) is 1.69. The first kappa shape index (κ1) is 7.56. The van der Waals surface area contributed by atoms with E-state index in [0.29, 0.717) is 5.54 Å². The first-order chi connectivity index (χ1) is 5.27. The van der Waals surface area contributed by atoms with Gasteiger partial charge in [-0.15, -0.1) is 0 Å². The molecule has 2 heteroatoms. The molecule has 0 aliphatic carbocycles. The summed E-state index contributed by atoms with van der Waals surface area (Å²) >= 11 is 0. The molecule has 0 aromatic carbocycles. The van der Waals surface area contributed by atoms with E-state index in [4.69, 9.17) is 5.73 Å². The van der Waals surface area contributed by atoms with Crippen molar-refractivity contribution >= 4 is 0 Å². The van der Waals surface area contributed by atoms with Crippen LogP contribution in [0.4, 0.5) is 0 Å². The molecule has 2 fully saturated rings. The molecule has 2 atom stereocenters. The maximum Gasteiger partial charge on any atom is 0.0222 e. The molecular weight excluding hydrogens is 136 g/mol. The second kappa shape index (κ2) is 2.46. The van der Waals surface area contributed by atoms with E-state index in [1.54, 1.807) is 0 Å². The van der Waals surface area contributed by atoms with Crippen LogP contribution in [0.3, 0.4) is 0 Å². The van der Waals surface area contributed by atoms with Crippen LogP contribution in [0, 0.1) is 5.92 Å². The van der Waals surface area contributed by atoms with Gasteiger partial charge in [0.05, 0.1) is 0 Å². The second-order valence-corrected chi connectivity index (χ2v) is 4.17. The van der Waals surface area contributed by atoms with Gasteiger partial charge in [-0.25, -0.2) is 0 Å². The Bertz CT molecular complexity index is 158. The summed E-state index contributed by atoms with van der Waals surface area (Å²) in [5.74, 6) is 0.769. The predicted octanol–water partition coefficient (Wildman–Crippen LogP) is 0.820. The number of hydrogen-bond acceptors (Lipinski definition) is 2. The van der Waals surface area contributed by atoms with Crippen LogP contribution in [-0.2, 0) is 0 Å². The zero-order valence-corrected chi connectivity index (χ0v) is 7.34. The average Bonchev–Trinajstić information content (AvgIpc) is 2.44. The predicted molar refractivity (Wildman–Crippen MR) is 46.4 cm³/mol. The number of rotatable bonds is 1. The summed E-state index contributed by atoms with van der Waals surface area (Å²) in [4.78, 5) is 2.63. The monoisotopic (exact) mass is 154 g/mol. The molecule has 0 amide bonds. The van der Waals surface area contributed by atoms with Crippen molar-refractivity contribution in [3.63, 3.8) is 0 Å². The first-order valence-electron chi connectivity index (χ1n) is 4.72. The maximum atomic E-state index is 5.75. The lowest BCUT2D eigenvalue weighted by Crippen LogP contribution is -2.42. The highest BCUT2D eigenvalue weighted by Gasteiger charge is 2.46. The normalized spacial score (nSPS) is 44.7. The number of nitrogens with two attached hydrogens (primary N) is 1. The molecule has 2 aliphatic rings. The van der Waals surface area contributed by atoms with Crippen LogP contribution in [0.2, 0.25) is 0 Å². The molecule has 11 heavy (non-hydrogen) atoms. The third kappa shape index (κ3) is 0.926. The average molecular weight is 154 g/mol. The molecule has 2 saturated heterocycles. The van der Waals surface area contributed by atoms with Crippen molar-refractivity contribution in [3.05, 3.63) is 0 Å². The summed E-state index contributed by atoms with van der Waals surface area (Å²) in [6, 6.07) is 0. The molecule has 0 unspecified atom stereocenters. The molecule has 0 aromatic heterocycles. The fraction of sp³-hybridized carbons (Fsp3) is 1.00. The van der Waals surface area contributed by atoms with Gasteiger partial charge in [-0.3, -0.25) is 4.90 Å². The van der Waals surface area contributed by atoms with Gasteiger partial charge in [0.2, 0.25) is 0 Å². The number of nitrogens with zero attached hydrogens (tertiary/aromatic N) is 1. The smallest absolute Gasteiger partial charge is 0.0222 e. The van der Waals surface area contributed by atoms with Gasteiger partial charge in [0.15, 0.2) is 0 Å². The van der Waals surface area contributed by atoms with E-state index in [0.717, 1.165) is 12.5 Å². The van der Waals surface area contributed by atoms with Gasteiger partial charge < -0.3 is 5.73 Å². The summed E-state index contributed by atoms with van der Waals surface area (Å²) in [6.45, 7) is 5.88. The lowest BCUT2D eigenvalue weighted by atomic mass is 9.85. The van der Waals surface area contributed by atoms with Crippen LogP contribution in [0.1, 0.15) is 26.2 Å². The third-order valence-electron chi connectivity index (χ3n) is 3.74. The van der Waals surface area contributed by atoms with E-state index >= 15 is 0 Å². The minimum atomic E-state index is 0.481. The molecule has 0 bridgehead atoms. The SMILES string of the molecule is C[C@]12CCCN1CC[C@@H]2CN. The van der Waals surface area contributed by atoms with Crippen molar-refractivity contribution in [1.82, 2.24) is 4.90 Å². The summed E-state index contributed by atoms with van der Waals surface area (Å²) in [5, 5.41) is 0. The topological polar surface area (TPSA) is 29.3 Å². The zero-order valence-electron chi connectivity index (χ0n) is 7.34. The standard InChI is InChI=1S/C9H18N2/c1-9-4-2-5-11(9)6-3-8(9)7-10/h8H,2-7,10H2,1H3/t8-,9-/m1/s1. The number of fused-ring (bicyclic) bond motifs is 1. The van der Waals surface area contributed by atoms with Crippen molar-refractivity contribution in [2.24, 2.45) is 11.7 Å². The van der Waals surface area contributed by atoms with E-state index in [1.165, 1.54) is 32.4 Å². The quantitative estimate of drug-likeness (QED) is 0.606. The molecule has 2 aliphatic heterocycles. The minimum absolute atomic E-state index is 0.481. The summed E-state index contributed by atoms with van der Waals surface area (Å²) in [7, 11) is 0. The van der Waals surface area contributed by atoms with Crippen molar-refractivity contribution in [3.8, 4) is 0 Å². The molecule has 2 heterocycles. The Balaban J connectivity index is 2.16. The van der Waals surface area contributed by atoms with Crippen LogP contribution in [0.5, 0.6) is 0 Å². The van der Waals surface area contributed by atoms with Crippen molar-refractivity contribution < 1.29 is 0 Å². The lowest BCUT2D eigenvalue weighted by molar-refractivity contribution is 0.175. The Morgan fingerprint density at radius 3 is 3.09 bits per heavy atom. The highest BCUT2D eigenvalue weighted by Crippen LogP contribution is 2.41. The van der Waals surface area contributed by atoms with Crippen LogP contribution >= 0.6 is 0 Å². The van der Waals surface area contributed by atoms with E-state index < -0.39 is 0 Å². The van der Waals surface area contributed by atoms with E-state index in [9.17, 15) is 0 Å². The Morgan fingerprint density at radius 2 is 2.36 bits per heavy atom. The van der Waals surface area contributed by atoms with Crippen molar-refractivity contribution in [2.45, 2.75) is 31.7 Å². The van der Waals surface area contributed by atoms with Crippen LogP contribution in [0.15, 0.2) is 0 Å². The van der Waals surface area contributed by atoms with Crippen molar-refractivity contribution in [1.29, 1.82) is 0 Å². The highest BCUT2D eigenvalue weighted by atomic mass is 15.2.